The number of hydrogen-bond donors (Lipinski definition) is 5. The number of hydrogen-bond acceptors (Lipinski definition) is 6. The standard InChI is InChI=1S/C2H7NO.Na.H4O7P2/c3-1-2-4;;1-8(2,3)7-9(4,5)6/h4H,1-3H2;;(H2,1,2,3)(H2,4,5,6)/q;+1;/p-1. The SMILES string of the molecule is NCCO.O=P([O-])(O)OP(=O)(O)O.[Na+]. The fraction of sp³-hybridized carbons (Fsp3) is 1.00. The Labute approximate surface area is 102 Å². The Kier molecular flexibility index (Phi) is 13.8. The van der Waals surface area contributed by atoms with Gasteiger partial charge in [-0.2, -0.15) is 0 Å². The summed E-state index contributed by atoms with van der Waals surface area (Å²) in [6.45, 7) is 0.472. The molecule has 0 radical (unpaired) electrons. The summed E-state index contributed by atoms with van der Waals surface area (Å²) < 4.78 is 21.9. The van der Waals surface area contributed by atoms with Crippen LogP contribution in [0.15, 0.2) is 0 Å². The van der Waals surface area contributed by atoms with Gasteiger partial charge in [-0.05, 0) is 0 Å². The average Bonchev–Trinajstić information content (AvgIpc) is 1.80. The molecule has 0 heterocycles. The van der Waals surface area contributed by atoms with Crippen molar-refractivity contribution in [3.8, 4) is 0 Å². The van der Waals surface area contributed by atoms with Crippen LogP contribution in [0.1, 0.15) is 0 Å². The molecule has 1 unspecified atom stereocenters. The minimum absolute atomic E-state index is 0. The zero-order chi connectivity index (χ0) is 11.1. The van der Waals surface area contributed by atoms with Crippen LogP contribution in [0.25, 0.3) is 0 Å². The number of nitrogens with two attached hydrogens (primary N) is 1. The number of aliphatic hydroxyl groups is 1. The van der Waals surface area contributed by atoms with Crippen LogP contribution in [0.2, 0.25) is 0 Å². The maximum Gasteiger partial charge on any atom is 1.00 e. The summed E-state index contributed by atoms with van der Waals surface area (Å²) in [5, 5.41) is 7.75. The summed E-state index contributed by atoms with van der Waals surface area (Å²) in [5.41, 5.74) is 4.78. The van der Waals surface area contributed by atoms with E-state index in [0.29, 0.717) is 6.54 Å². The van der Waals surface area contributed by atoms with E-state index in [9.17, 15) is 14.0 Å². The van der Waals surface area contributed by atoms with Crippen LogP contribution in [0, 0.1) is 0 Å². The van der Waals surface area contributed by atoms with Gasteiger partial charge < -0.3 is 30.4 Å². The van der Waals surface area contributed by atoms with Crippen molar-refractivity contribution < 1.29 is 67.7 Å². The van der Waals surface area contributed by atoms with Crippen LogP contribution in [-0.4, -0.2) is 32.9 Å². The van der Waals surface area contributed by atoms with Crippen molar-refractivity contribution in [2.45, 2.75) is 0 Å². The molecule has 82 valence electrons. The first-order valence-electron chi connectivity index (χ1n) is 2.74. The summed E-state index contributed by atoms with van der Waals surface area (Å²) >= 11 is 0. The van der Waals surface area contributed by atoms with E-state index < -0.39 is 15.6 Å². The third-order valence-corrected chi connectivity index (χ3v) is 2.02. The average molecular weight is 261 g/mol. The van der Waals surface area contributed by atoms with Gasteiger partial charge in [0, 0.05) is 6.54 Å². The summed E-state index contributed by atoms with van der Waals surface area (Å²) in [7, 11) is -10.4. The number of phosphoric acid groups is 2. The van der Waals surface area contributed by atoms with Gasteiger partial charge in [-0.3, -0.25) is 4.57 Å². The van der Waals surface area contributed by atoms with Gasteiger partial charge in [0.1, 0.15) is 0 Å². The molecule has 0 aromatic carbocycles. The first-order chi connectivity index (χ1) is 5.62. The van der Waals surface area contributed by atoms with E-state index in [1.165, 1.54) is 0 Å². The molecule has 0 aromatic heterocycles. The van der Waals surface area contributed by atoms with E-state index in [4.69, 9.17) is 25.5 Å². The zero-order valence-corrected chi connectivity index (χ0v) is 11.1. The first-order valence-corrected chi connectivity index (χ1v) is 5.76. The van der Waals surface area contributed by atoms with Crippen molar-refractivity contribution in [2.75, 3.05) is 13.2 Å². The van der Waals surface area contributed by atoms with Crippen LogP contribution in [0.3, 0.4) is 0 Å². The first kappa shape index (κ1) is 20.6. The Morgan fingerprint density at radius 2 is 1.57 bits per heavy atom. The van der Waals surface area contributed by atoms with Crippen molar-refractivity contribution in [3.05, 3.63) is 0 Å². The fourth-order valence-corrected chi connectivity index (χ4v) is 1.21. The Hall–Kier alpha value is 1.18. The van der Waals surface area contributed by atoms with Gasteiger partial charge >= 0.3 is 37.4 Å². The van der Waals surface area contributed by atoms with Crippen molar-refractivity contribution in [1.29, 1.82) is 0 Å². The van der Waals surface area contributed by atoms with Gasteiger partial charge in [0.15, 0.2) is 0 Å². The quantitative estimate of drug-likeness (QED) is 0.245. The minimum Gasteiger partial charge on any atom is -0.756 e. The predicted octanol–water partition coefficient (Wildman–Crippen LogP) is -5.50. The van der Waals surface area contributed by atoms with Crippen molar-refractivity contribution in [1.82, 2.24) is 0 Å². The summed E-state index contributed by atoms with van der Waals surface area (Å²) in [4.78, 5) is 32.6. The molecule has 0 saturated heterocycles. The maximum absolute atomic E-state index is 9.59. The molecule has 0 aromatic rings. The molecule has 14 heavy (non-hydrogen) atoms. The van der Waals surface area contributed by atoms with E-state index >= 15 is 0 Å². The second-order valence-electron chi connectivity index (χ2n) is 1.55. The Balaban J connectivity index is -0.000000209. The van der Waals surface area contributed by atoms with Crippen molar-refractivity contribution in [2.24, 2.45) is 5.73 Å². The van der Waals surface area contributed by atoms with E-state index in [0.717, 1.165) is 0 Å². The molecule has 0 spiro atoms. The molecule has 0 amide bonds. The molecule has 9 nitrogen and oxygen atoms in total. The van der Waals surface area contributed by atoms with E-state index in [2.05, 4.69) is 4.31 Å². The molecule has 1 atom stereocenters. The molecule has 0 bridgehead atoms. The number of rotatable bonds is 3. The monoisotopic (exact) mass is 261 g/mol. The van der Waals surface area contributed by atoms with Crippen molar-refractivity contribution >= 4 is 15.6 Å². The van der Waals surface area contributed by atoms with Crippen LogP contribution >= 0.6 is 15.6 Å². The predicted molar refractivity (Wildman–Crippen MR) is 39.1 cm³/mol. The maximum atomic E-state index is 9.59. The molecule has 0 fully saturated rings. The van der Waals surface area contributed by atoms with Gasteiger partial charge in [0.25, 0.3) is 7.82 Å². The molecule has 0 aliphatic carbocycles. The van der Waals surface area contributed by atoms with Crippen molar-refractivity contribution in [3.63, 3.8) is 0 Å². The summed E-state index contributed by atoms with van der Waals surface area (Å²) in [6.07, 6.45) is 0. The Bertz CT molecular complexity index is 187. The molecule has 0 aliphatic rings. The van der Waals surface area contributed by atoms with Crippen LogP contribution in [0.4, 0.5) is 0 Å². The second-order valence-corrected chi connectivity index (χ2v) is 4.12. The van der Waals surface area contributed by atoms with Crippen LogP contribution in [0.5, 0.6) is 0 Å². The second kappa shape index (κ2) is 9.41. The smallest absolute Gasteiger partial charge is 0.756 e. The van der Waals surface area contributed by atoms with E-state index in [1.807, 2.05) is 0 Å². The largest absolute Gasteiger partial charge is 1.00 e. The van der Waals surface area contributed by atoms with E-state index in [1.54, 1.807) is 0 Å². The topological polar surface area (TPSA) is 173 Å². The summed E-state index contributed by atoms with van der Waals surface area (Å²) in [6, 6.07) is 0. The van der Waals surface area contributed by atoms with Gasteiger partial charge in [-0.25, -0.2) is 8.88 Å². The molecule has 12 heteroatoms. The molecule has 0 aliphatic heterocycles. The molecule has 0 saturated carbocycles. The molecule has 6 N–H and O–H groups in total. The Morgan fingerprint density at radius 3 is 1.57 bits per heavy atom. The summed E-state index contributed by atoms with van der Waals surface area (Å²) in [5.74, 6) is 0. The molecular weight excluding hydrogens is 251 g/mol. The minimum atomic E-state index is -5.30. The Morgan fingerprint density at radius 1 is 1.29 bits per heavy atom. The van der Waals surface area contributed by atoms with Crippen LogP contribution < -0.4 is 40.2 Å². The fourth-order valence-electron chi connectivity index (χ4n) is 0.134. The van der Waals surface area contributed by atoms with Gasteiger partial charge in [-0.15, -0.1) is 0 Å². The van der Waals surface area contributed by atoms with Gasteiger partial charge in [0.05, 0.1) is 6.61 Å². The normalized spacial score (nSPS) is 14.4. The third-order valence-electron chi connectivity index (χ3n) is 0.339. The molecular formula is C2H10NNaO8P2. The van der Waals surface area contributed by atoms with Gasteiger partial charge in [0.2, 0.25) is 0 Å². The van der Waals surface area contributed by atoms with E-state index in [-0.39, 0.29) is 36.2 Å². The third kappa shape index (κ3) is 29.2. The zero-order valence-electron chi connectivity index (χ0n) is 7.31. The van der Waals surface area contributed by atoms with Crippen LogP contribution in [-0.2, 0) is 13.4 Å². The van der Waals surface area contributed by atoms with Gasteiger partial charge in [-0.1, -0.05) is 0 Å². The molecule has 0 rings (SSSR count). The number of aliphatic hydroxyl groups excluding tert-OH is 1.